The summed E-state index contributed by atoms with van der Waals surface area (Å²) in [6, 6.07) is 9.44. The summed E-state index contributed by atoms with van der Waals surface area (Å²) < 4.78 is 17.2. The van der Waals surface area contributed by atoms with E-state index in [1.165, 1.54) is 7.11 Å². The maximum Gasteiger partial charge on any atom is 0.323 e. The van der Waals surface area contributed by atoms with Crippen molar-refractivity contribution in [3.05, 3.63) is 60.7 Å². The van der Waals surface area contributed by atoms with E-state index in [-0.39, 0.29) is 17.0 Å². The van der Waals surface area contributed by atoms with Crippen molar-refractivity contribution in [2.75, 3.05) is 13.7 Å². The minimum atomic E-state index is -2.15. The average Bonchev–Trinajstić information content (AvgIpc) is 3.45. The van der Waals surface area contributed by atoms with Crippen molar-refractivity contribution in [1.29, 1.82) is 0 Å². The van der Waals surface area contributed by atoms with E-state index in [0.717, 1.165) is 5.56 Å². The van der Waals surface area contributed by atoms with Crippen molar-refractivity contribution in [3.63, 3.8) is 0 Å². The van der Waals surface area contributed by atoms with Crippen LogP contribution < -0.4 is 5.32 Å². The molecular weight excluding hydrogens is 458 g/mol. The van der Waals surface area contributed by atoms with Gasteiger partial charge in [-0.2, -0.15) is 0 Å². The maximum atomic E-state index is 12.9. The van der Waals surface area contributed by atoms with Crippen LogP contribution in [-0.4, -0.2) is 45.6 Å². The topological polar surface area (TPSA) is 73.9 Å². The van der Waals surface area contributed by atoms with Crippen molar-refractivity contribution in [2.24, 2.45) is 5.41 Å². The van der Waals surface area contributed by atoms with Crippen molar-refractivity contribution in [3.8, 4) is 0 Å². The van der Waals surface area contributed by atoms with Gasteiger partial charge < -0.3 is 19.2 Å². The Morgan fingerprint density at radius 1 is 1.20 bits per heavy atom. The van der Waals surface area contributed by atoms with Crippen molar-refractivity contribution >= 4 is 20.3 Å². The third kappa shape index (κ3) is 6.71. The predicted octanol–water partition coefficient (Wildman–Crippen LogP) is 5.55. The Hall–Kier alpha value is -2.22. The first kappa shape index (κ1) is 29.0. The fraction of sp³-hybridized carbons (Fsp3) is 0.571. The van der Waals surface area contributed by atoms with Crippen LogP contribution in [0.1, 0.15) is 52.5 Å². The summed E-state index contributed by atoms with van der Waals surface area (Å²) in [5.41, 5.74) is -0.446. The van der Waals surface area contributed by atoms with E-state index < -0.39 is 25.4 Å². The molecular formula is C28H43NO5Si. The molecule has 6 nitrogen and oxygen atoms in total. The highest BCUT2D eigenvalue weighted by atomic mass is 28.4. The lowest BCUT2D eigenvalue weighted by Crippen LogP contribution is -2.46. The number of esters is 2. The largest absolute Gasteiger partial charge is 0.468 e. The van der Waals surface area contributed by atoms with Gasteiger partial charge in [0.1, 0.15) is 11.5 Å². The van der Waals surface area contributed by atoms with Gasteiger partial charge in [0.2, 0.25) is 0 Å². The van der Waals surface area contributed by atoms with Gasteiger partial charge in [0, 0.05) is 6.54 Å². The molecule has 1 aromatic rings. The van der Waals surface area contributed by atoms with Gasteiger partial charge in [-0.05, 0) is 49.9 Å². The third-order valence-electron chi connectivity index (χ3n) is 7.37. The van der Waals surface area contributed by atoms with Crippen molar-refractivity contribution in [1.82, 2.24) is 5.32 Å². The molecule has 0 aliphatic heterocycles. The Labute approximate surface area is 212 Å². The fourth-order valence-electron chi connectivity index (χ4n) is 4.08. The number of methoxy groups -OCH3 is 1. The lowest BCUT2D eigenvalue weighted by molar-refractivity contribution is -0.149. The highest BCUT2D eigenvalue weighted by Gasteiger charge is 2.73. The Morgan fingerprint density at radius 3 is 2.40 bits per heavy atom. The molecule has 0 spiro atoms. The molecule has 1 saturated carbocycles. The number of benzene rings is 1. The Morgan fingerprint density at radius 2 is 1.86 bits per heavy atom. The number of allylic oxidation sites excluding steroid dienone is 1. The lowest BCUT2D eigenvalue weighted by Gasteiger charge is -2.40. The van der Waals surface area contributed by atoms with Crippen LogP contribution in [0.15, 0.2) is 55.1 Å². The number of carbonyl (C=O) groups is 2. The number of hydrogen-bond acceptors (Lipinski definition) is 6. The first-order valence-corrected chi connectivity index (χ1v) is 15.3. The van der Waals surface area contributed by atoms with Crippen LogP contribution in [-0.2, 0) is 30.0 Å². The number of rotatable bonds is 13. The Kier molecular flexibility index (Phi) is 9.68. The molecule has 35 heavy (non-hydrogen) atoms. The van der Waals surface area contributed by atoms with Crippen LogP contribution >= 0.6 is 0 Å². The molecule has 0 bridgehead atoms. The minimum Gasteiger partial charge on any atom is -0.468 e. The predicted molar refractivity (Wildman–Crippen MR) is 142 cm³/mol. The van der Waals surface area contributed by atoms with E-state index in [1.54, 1.807) is 13.0 Å². The third-order valence-corrected chi connectivity index (χ3v) is 11.9. The summed E-state index contributed by atoms with van der Waals surface area (Å²) in [6.45, 7) is 17.6. The number of hydrogen-bond donors (Lipinski definition) is 1. The molecule has 1 aliphatic rings. The van der Waals surface area contributed by atoms with Crippen molar-refractivity contribution < 1.29 is 23.5 Å². The second kappa shape index (κ2) is 11.7. The molecule has 3 atom stereocenters. The van der Waals surface area contributed by atoms with E-state index in [1.807, 2.05) is 42.5 Å². The molecule has 7 heteroatoms. The number of nitrogens with one attached hydrogen (secondary N) is 1. The molecule has 1 unspecified atom stereocenters. The first-order valence-electron chi connectivity index (χ1n) is 12.4. The molecule has 0 radical (unpaired) electrons. The molecule has 0 heterocycles. The molecule has 2 rings (SSSR count). The monoisotopic (exact) mass is 501 g/mol. The summed E-state index contributed by atoms with van der Waals surface area (Å²) in [7, 11) is -0.740. The van der Waals surface area contributed by atoms with Crippen LogP contribution in [0.2, 0.25) is 18.1 Å². The van der Waals surface area contributed by atoms with Crippen LogP contribution in [0.25, 0.3) is 0 Å². The number of ether oxygens (including phenoxy) is 2. The summed E-state index contributed by atoms with van der Waals surface area (Å²) >= 11 is 0. The first-order chi connectivity index (χ1) is 16.4. The molecule has 1 fully saturated rings. The van der Waals surface area contributed by atoms with Gasteiger partial charge in [0.15, 0.2) is 8.32 Å². The van der Waals surface area contributed by atoms with E-state index in [2.05, 4.69) is 45.8 Å². The van der Waals surface area contributed by atoms with Gasteiger partial charge in [0.25, 0.3) is 0 Å². The molecule has 0 saturated heterocycles. The smallest absolute Gasteiger partial charge is 0.323 e. The average molecular weight is 502 g/mol. The van der Waals surface area contributed by atoms with Gasteiger partial charge >= 0.3 is 11.9 Å². The van der Waals surface area contributed by atoms with Gasteiger partial charge in [-0.25, -0.2) is 0 Å². The lowest BCUT2D eigenvalue weighted by atomic mass is 9.96. The van der Waals surface area contributed by atoms with E-state index in [4.69, 9.17) is 13.9 Å². The van der Waals surface area contributed by atoms with E-state index in [9.17, 15) is 9.59 Å². The quantitative estimate of drug-likeness (QED) is 0.217. The fourth-order valence-corrected chi connectivity index (χ4v) is 5.65. The maximum absolute atomic E-state index is 12.9. The Balaban J connectivity index is 2.13. The second-order valence-electron chi connectivity index (χ2n) is 10.8. The van der Waals surface area contributed by atoms with Gasteiger partial charge in [-0.15, -0.1) is 6.58 Å². The standard InChI is InChI=1S/C28H43NO5Si/c1-9-28(34-35(7,8)26(3,4)5)21-27(28,25(31)32-6)19-15-14-18-23(24(30)33-10-2)29-20-22-16-12-11-13-17-22/h9,11-17,23,29H,1,10,18-21H2,2-8H3/b15-14+/t23?,27-,28+/m0/s1. The molecule has 0 amide bonds. The summed E-state index contributed by atoms with van der Waals surface area (Å²) in [5, 5.41) is 3.29. The molecule has 194 valence electrons. The van der Waals surface area contributed by atoms with Gasteiger partial charge in [-0.3, -0.25) is 9.59 Å². The van der Waals surface area contributed by atoms with Gasteiger partial charge in [0.05, 0.1) is 19.3 Å². The zero-order valence-corrected chi connectivity index (χ0v) is 23.5. The van der Waals surface area contributed by atoms with E-state index >= 15 is 0 Å². The minimum absolute atomic E-state index is 0.000577. The molecule has 1 N–H and O–H groups in total. The molecule has 0 aromatic heterocycles. The van der Waals surface area contributed by atoms with Crippen LogP contribution in [0.4, 0.5) is 0 Å². The summed E-state index contributed by atoms with van der Waals surface area (Å²) in [4.78, 5) is 25.4. The van der Waals surface area contributed by atoms with E-state index in [0.29, 0.717) is 32.4 Å². The Bertz CT molecular complexity index is 908. The van der Waals surface area contributed by atoms with Crippen LogP contribution in [0.3, 0.4) is 0 Å². The zero-order chi connectivity index (χ0) is 26.3. The molecule has 1 aliphatic carbocycles. The normalized spacial score (nSPS) is 23.1. The zero-order valence-electron chi connectivity index (χ0n) is 22.5. The SMILES string of the molecule is C=C[C@@]1(O[Si](C)(C)C(C)(C)C)C[C@@]1(C/C=C/CC(NCc1ccccc1)C(=O)OCC)C(=O)OC. The number of carbonyl (C=O) groups excluding carboxylic acids is 2. The van der Waals surface area contributed by atoms with Crippen LogP contribution in [0, 0.1) is 5.41 Å². The second-order valence-corrected chi connectivity index (χ2v) is 15.5. The highest BCUT2D eigenvalue weighted by Crippen LogP contribution is 2.65. The van der Waals surface area contributed by atoms with Crippen molar-refractivity contribution in [2.45, 2.75) is 83.3 Å². The highest BCUT2D eigenvalue weighted by molar-refractivity contribution is 6.74. The summed E-state index contributed by atoms with van der Waals surface area (Å²) in [6.07, 6.45) is 7.11. The summed E-state index contributed by atoms with van der Waals surface area (Å²) in [5.74, 6) is -0.575. The molecule has 1 aromatic carbocycles. The van der Waals surface area contributed by atoms with Crippen LogP contribution in [0.5, 0.6) is 0 Å². The van der Waals surface area contributed by atoms with Gasteiger partial charge in [-0.1, -0.05) is 69.3 Å².